The van der Waals surface area contributed by atoms with Crippen LogP contribution in [-0.4, -0.2) is 41.5 Å². The van der Waals surface area contributed by atoms with Crippen LogP contribution in [0.5, 0.6) is 11.5 Å². The molecule has 31 heavy (non-hydrogen) atoms. The molecular weight excluding hydrogens is 454 g/mol. The van der Waals surface area contributed by atoms with E-state index in [0.29, 0.717) is 38.9 Å². The van der Waals surface area contributed by atoms with Crippen molar-refractivity contribution in [3.8, 4) is 11.5 Å². The van der Waals surface area contributed by atoms with E-state index < -0.39 is 0 Å². The van der Waals surface area contributed by atoms with Crippen molar-refractivity contribution in [2.24, 2.45) is 0 Å². The largest absolute Gasteiger partial charge is 0.493 e. The molecule has 1 amide bonds. The Balaban J connectivity index is 1.45. The molecule has 0 unspecified atom stereocenters. The lowest BCUT2D eigenvalue weighted by Crippen LogP contribution is -2.35. The van der Waals surface area contributed by atoms with Crippen LogP contribution in [0, 0.1) is 0 Å². The maximum Gasteiger partial charge on any atom is 0.266 e. The van der Waals surface area contributed by atoms with Gasteiger partial charge in [0.2, 0.25) is 0 Å². The van der Waals surface area contributed by atoms with E-state index in [-0.39, 0.29) is 12.0 Å². The summed E-state index contributed by atoms with van der Waals surface area (Å²) in [5.41, 5.74) is 1.85. The summed E-state index contributed by atoms with van der Waals surface area (Å²) >= 11 is 12.7. The summed E-state index contributed by atoms with van der Waals surface area (Å²) in [6, 6.07) is 13.1. The Kier molecular flexibility index (Phi) is 7.17. The van der Waals surface area contributed by atoms with Crippen molar-refractivity contribution in [2.75, 3.05) is 20.3 Å². The third-order valence-corrected chi connectivity index (χ3v) is 6.71. The Labute approximate surface area is 196 Å². The van der Waals surface area contributed by atoms with Crippen LogP contribution in [0.25, 0.3) is 6.08 Å². The Hall–Kier alpha value is -2.06. The number of thiocarbonyl (C=S) groups is 1. The van der Waals surface area contributed by atoms with E-state index in [1.165, 1.54) is 11.8 Å². The van der Waals surface area contributed by atoms with Crippen molar-refractivity contribution in [3.63, 3.8) is 0 Å². The summed E-state index contributed by atoms with van der Waals surface area (Å²) < 4.78 is 17.6. The number of amides is 1. The van der Waals surface area contributed by atoms with Gasteiger partial charge in [0, 0.05) is 11.6 Å². The van der Waals surface area contributed by atoms with Gasteiger partial charge in [-0.2, -0.15) is 0 Å². The van der Waals surface area contributed by atoms with E-state index in [1.807, 2.05) is 48.5 Å². The molecule has 2 aliphatic rings. The first-order chi connectivity index (χ1) is 15.0. The molecule has 0 aromatic heterocycles. The molecule has 0 radical (unpaired) electrons. The quantitative estimate of drug-likeness (QED) is 0.399. The number of nitrogens with zero attached hydrogens (tertiary/aromatic N) is 1. The summed E-state index contributed by atoms with van der Waals surface area (Å²) in [6.07, 6.45) is 3.89. The first kappa shape index (κ1) is 22.1. The van der Waals surface area contributed by atoms with Crippen LogP contribution in [0.4, 0.5) is 0 Å². The summed E-state index contributed by atoms with van der Waals surface area (Å²) in [4.78, 5) is 15.1. The number of ether oxygens (including phenoxy) is 3. The smallest absolute Gasteiger partial charge is 0.266 e. The maximum absolute atomic E-state index is 12.8. The average Bonchev–Trinajstić information content (AvgIpc) is 3.38. The molecule has 5 nitrogen and oxygen atoms in total. The zero-order chi connectivity index (χ0) is 21.8. The number of methoxy groups -OCH3 is 1. The molecule has 2 heterocycles. The van der Waals surface area contributed by atoms with Crippen LogP contribution in [-0.2, 0) is 16.1 Å². The predicted molar refractivity (Wildman–Crippen MR) is 128 cm³/mol. The summed E-state index contributed by atoms with van der Waals surface area (Å²) in [5.74, 6) is 1.14. The van der Waals surface area contributed by atoms with Crippen LogP contribution in [0.1, 0.15) is 24.0 Å². The molecule has 0 bridgehead atoms. The zero-order valence-electron chi connectivity index (χ0n) is 17.0. The highest BCUT2D eigenvalue weighted by atomic mass is 35.5. The SMILES string of the molecule is COc1cc(/C=C2\SC(=S)N(C[C@@H]3CCCO3)C2=O)ccc1OCc1ccc(Cl)cc1. The molecule has 2 saturated heterocycles. The number of hydrogen-bond donors (Lipinski definition) is 0. The lowest BCUT2D eigenvalue weighted by atomic mass is 10.1. The van der Waals surface area contributed by atoms with Crippen LogP contribution >= 0.6 is 35.6 Å². The molecule has 4 rings (SSSR count). The molecule has 2 aromatic rings. The third-order valence-electron chi connectivity index (χ3n) is 5.08. The second-order valence-electron chi connectivity index (χ2n) is 7.25. The number of benzene rings is 2. The van der Waals surface area contributed by atoms with E-state index in [9.17, 15) is 4.79 Å². The lowest BCUT2D eigenvalue weighted by Gasteiger charge is -2.18. The number of rotatable bonds is 7. The van der Waals surface area contributed by atoms with Gasteiger partial charge in [0.05, 0.1) is 24.7 Å². The van der Waals surface area contributed by atoms with Gasteiger partial charge in [-0.1, -0.05) is 53.8 Å². The van der Waals surface area contributed by atoms with E-state index in [4.69, 9.17) is 38.0 Å². The Bertz CT molecular complexity index is 1000. The Morgan fingerprint density at radius 3 is 2.77 bits per heavy atom. The second-order valence-corrected chi connectivity index (χ2v) is 9.36. The molecule has 2 aliphatic heterocycles. The standard InChI is InChI=1S/C23H22ClNO4S2/c1-27-20-11-16(6-9-19(20)29-14-15-4-7-17(24)8-5-15)12-21-22(26)25(23(30)31-21)13-18-3-2-10-28-18/h4-9,11-12,18H,2-3,10,13-14H2,1H3/b21-12-/t18-/m0/s1. The van der Waals surface area contributed by atoms with Crippen LogP contribution in [0.3, 0.4) is 0 Å². The van der Waals surface area contributed by atoms with Crippen LogP contribution in [0.2, 0.25) is 5.02 Å². The maximum atomic E-state index is 12.8. The fraction of sp³-hybridized carbons (Fsp3) is 0.304. The summed E-state index contributed by atoms with van der Waals surface area (Å²) in [7, 11) is 1.59. The van der Waals surface area contributed by atoms with Crippen LogP contribution in [0.15, 0.2) is 47.4 Å². The molecular formula is C23H22ClNO4S2. The van der Waals surface area contributed by atoms with Gasteiger partial charge in [0.15, 0.2) is 11.5 Å². The molecule has 0 aliphatic carbocycles. The average molecular weight is 476 g/mol. The number of hydrogen-bond acceptors (Lipinski definition) is 6. The van der Waals surface area contributed by atoms with Crippen molar-refractivity contribution >= 4 is 51.9 Å². The number of carbonyl (C=O) groups excluding carboxylic acids is 1. The molecule has 162 valence electrons. The molecule has 8 heteroatoms. The Morgan fingerprint density at radius 1 is 1.26 bits per heavy atom. The predicted octanol–water partition coefficient (Wildman–Crippen LogP) is 5.31. The minimum absolute atomic E-state index is 0.0685. The number of thioether (sulfide) groups is 1. The van der Waals surface area contributed by atoms with Gasteiger partial charge in [0.1, 0.15) is 10.9 Å². The molecule has 0 saturated carbocycles. The highest BCUT2D eigenvalue weighted by Gasteiger charge is 2.34. The monoisotopic (exact) mass is 475 g/mol. The zero-order valence-corrected chi connectivity index (χ0v) is 19.4. The van der Waals surface area contributed by atoms with Gasteiger partial charge >= 0.3 is 0 Å². The molecule has 2 aromatic carbocycles. The van der Waals surface area contributed by atoms with Crippen molar-refractivity contribution in [1.29, 1.82) is 0 Å². The fourth-order valence-corrected chi connectivity index (χ4v) is 4.84. The molecule has 0 N–H and O–H groups in total. The van der Waals surface area contributed by atoms with E-state index >= 15 is 0 Å². The summed E-state index contributed by atoms with van der Waals surface area (Å²) in [5, 5.41) is 0.687. The fourth-order valence-electron chi connectivity index (χ4n) is 3.44. The van der Waals surface area contributed by atoms with Gasteiger partial charge in [-0.25, -0.2) is 0 Å². The first-order valence-electron chi connectivity index (χ1n) is 9.96. The van der Waals surface area contributed by atoms with Crippen LogP contribution < -0.4 is 9.47 Å². The van der Waals surface area contributed by atoms with Gasteiger partial charge < -0.3 is 14.2 Å². The number of carbonyl (C=O) groups is 1. The minimum Gasteiger partial charge on any atom is -0.493 e. The lowest BCUT2D eigenvalue weighted by molar-refractivity contribution is -0.123. The topological polar surface area (TPSA) is 48.0 Å². The second kappa shape index (κ2) is 10.0. The molecule has 0 spiro atoms. The van der Waals surface area contributed by atoms with Crippen molar-refractivity contribution in [3.05, 3.63) is 63.5 Å². The highest BCUT2D eigenvalue weighted by molar-refractivity contribution is 8.26. The normalized spacial score (nSPS) is 20.0. The van der Waals surface area contributed by atoms with Crippen molar-refractivity contribution in [2.45, 2.75) is 25.6 Å². The minimum atomic E-state index is -0.0764. The highest BCUT2D eigenvalue weighted by Crippen LogP contribution is 2.35. The van der Waals surface area contributed by atoms with Gasteiger partial charge in [-0.15, -0.1) is 0 Å². The van der Waals surface area contributed by atoms with E-state index in [1.54, 1.807) is 12.0 Å². The molecule has 2 fully saturated rings. The molecule has 1 atom stereocenters. The third kappa shape index (κ3) is 5.41. The first-order valence-corrected chi connectivity index (χ1v) is 11.6. The van der Waals surface area contributed by atoms with Gasteiger partial charge in [0.25, 0.3) is 5.91 Å². The number of halogens is 1. The summed E-state index contributed by atoms with van der Waals surface area (Å²) in [6.45, 7) is 1.67. The van der Waals surface area contributed by atoms with E-state index in [0.717, 1.165) is 30.6 Å². The van der Waals surface area contributed by atoms with Crippen molar-refractivity contribution in [1.82, 2.24) is 4.90 Å². The van der Waals surface area contributed by atoms with E-state index in [2.05, 4.69) is 0 Å². The van der Waals surface area contributed by atoms with Gasteiger partial charge in [-0.05, 0) is 54.3 Å². The van der Waals surface area contributed by atoms with Gasteiger partial charge in [-0.3, -0.25) is 9.69 Å². The van der Waals surface area contributed by atoms with Crippen molar-refractivity contribution < 1.29 is 19.0 Å². The Morgan fingerprint density at radius 2 is 2.06 bits per heavy atom.